The molecule has 0 saturated carbocycles. The largest absolute Gasteiger partial charge is 0.355 e. The maximum Gasteiger partial charge on any atom is 0.224 e. The number of hydrogen-bond donors (Lipinski definition) is 1. The van der Waals surface area contributed by atoms with E-state index in [0.29, 0.717) is 18.8 Å². The first-order chi connectivity index (χ1) is 8.65. The SMILES string of the molecule is CCC(CC)(CCl)CNC(=O)Cc1ccccc1. The highest BCUT2D eigenvalue weighted by Gasteiger charge is 2.25. The van der Waals surface area contributed by atoms with Crippen molar-refractivity contribution in [1.82, 2.24) is 5.32 Å². The number of hydrogen-bond acceptors (Lipinski definition) is 1. The number of halogens is 1. The third-order valence-electron chi connectivity index (χ3n) is 3.65. The van der Waals surface area contributed by atoms with Crippen molar-refractivity contribution in [1.29, 1.82) is 0 Å². The van der Waals surface area contributed by atoms with Gasteiger partial charge in [-0.1, -0.05) is 44.2 Å². The molecule has 1 aromatic rings. The van der Waals surface area contributed by atoms with Crippen molar-refractivity contribution in [2.75, 3.05) is 12.4 Å². The Balaban J connectivity index is 2.46. The Kier molecular flexibility index (Phi) is 6.20. The van der Waals surface area contributed by atoms with E-state index in [-0.39, 0.29) is 11.3 Å². The van der Waals surface area contributed by atoms with Gasteiger partial charge < -0.3 is 5.32 Å². The summed E-state index contributed by atoms with van der Waals surface area (Å²) in [5, 5.41) is 3.00. The zero-order chi connectivity index (χ0) is 13.4. The van der Waals surface area contributed by atoms with E-state index in [4.69, 9.17) is 11.6 Å². The molecule has 100 valence electrons. The van der Waals surface area contributed by atoms with Gasteiger partial charge in [0.25, 0.3) is 0 Å². The van der Waals surface area contributed by atoms with Crippen LogP contribution in [0, 0.1) is 5.41 Å². The number of benzene rings is 1. The predicted octanol–water partition coefficient (Wildman–Crippen LogP) is 3.39. The maximum atomic E-state index is 11.9. The van der Waals surface area contributed by atoms with E-state index in [0.717, 1.165) is 18.4 Å². The fraction of sp³-hybridized carbons (Fsp3) is 0.533. The van der Waals surface area contributed by atoms with Crippen LogP contribution in [0.15, 0.2) is 30.3 Å². The number of amides is 1. The average molecular weight is 268 g/mol. The minimum Gasteiger partial charge on any atom is -0.355 e. The second-order valence-corrected chi connectivity index (χ2v) is 5.05. The van der Waals surface area contributed by atoms with Crippen LogP contribution < -0.4 is 5.32 Å². The van der Waals surface area contributed by atoms with Crippen LogP contribution in [0.25, 0.3) is 0 Å². The van der Waals surface area contributed by atoms with E-state index in [2.05, 4.69) is 19.2 Å². The first-order valence-electron chi connectivity index (χ1n) is 6.52. The van der Waals surface area contributed by atoms with Gasteiger partial charge in [0, 0.05) is 17.8 Å². The Bertz CT molecular complexity index is 352. The lowest BCUT2D eigenvalue weighted by Gasteiger charge is -2.29. The third kappa shape index (κ3) is 4.34. The molecule has 1 aromatic carbocycles. The minimum absolute atomic E-state index is 0.0356. The Morgan fingerprint density at radius 2 is 1.83 bits per heavy atom. The van der Waals surface area contributed by atoms with E-state index in [1.807, 2.05) is 30.3 Å². The van der Waals surface area contributed by atoms with Crippen molar-refractivity contribution < 1.29 is 4.79 Å². The molecule has 0 aliphatic carbocycles. The van der Waals surface area contributed by atoms with Crippen LogP contribution in [0.2, 0.25) is 0 Å². The summed E-state index contributed by atoms with van der Waals surface area (Å²) in [7, 11) is 0. The summed E-state index contributed by atoms with van der Waals surface area (Å²) in [5.74, 6) is 0.656. The summed E-state index contributed by atoms with van der Waals surface area (Å²) in [6.45, 7) is 4.90. The van der Waals surface area contributed by atoms with Gasteiger partial charge in [-0.3, -0.25) is 4.79 Å². The summed E-state index contributed by atoms with van der Waals surface area (Å²) >= 11 is 6.02. The standard InChI is InChI=1S/C15H22ClNO/c1-3-15(4-2,11-16)12-17-14(18)10-13-8-6-5-7-9-13/h5-9H,3-4,10-12H2,1-2H3,(H,17,18). The smallest absolute Gasteiger partial charge is 0.224 e. The minimum atomic E-state index is 0.0356. The van der Waals surface area contributed by atoms with Crippen molar-refractivity contribution >= 4 is 17.5 Å². The van der Waals surface area contributed by atoms with E-state index < -0.39 is 0 Å². The van der Waals surface area contributed by atoms with Gasteiger partial charge in [0.2, 0.25) is 5.91 Å². The molecule has 3 heteroatoms. The Morgan fingerprint density at radius 1 is 1.22 bits per heavy atom. The second kappa shape index (κ2) is 7.42. The third-order valence-corrected chi connectivity index (χ3v) is 4.22. The molecular formula is C15H22ClNO. The highest BCUT2D eigenvalue weighted by molar-refractivity contribution is 6.18. The molecule has 0 aromatic heterocycles. The van der Waals surface area contributed by atoms with E-state index >= 15 is 0 Å². The highest BCUT2D eigenvalue weighted by Crippen LogP contribution is 2.26. The number of nitrogens with one attached hydrogen (secondary N) is 1. The lowest BCUT2D eigenvalue weighted by Crippen LogP contribution is -2.38. The van der Waals surface area contributed by atoms with E-state index in [9.17, 15) is 4.79 Å². The zero-order valence-corrected chi connectivity index (χ0v) is 12.0. The molecule has 0 atom stereocenters. The second-order valence-electron chi connectivity index (χ2n) is 4.78. The van der Waals surface area contributed by atoms with Gasteiger partial charge in [-0.15, -0.1) is 11.6 Å². The van der Waals surface area contributed by atoms with Crippen molar-refractivity contribution in [2.45, 2.75) is 33.1 Å². The van der Waals surface area contributed by atoms with Crippen LogP contribution in [0.3, 0.4) is 0 Å². The zero-order valence-electron chi connectivity index (χ0n) is 11.2. The lowest BCUT2D eigenvalue weighted by molar-refractivity contribution is -0.120. The Morgan fingerprint density at radius 3 is 2.33 bits per heavy atom. The van der Waals surface area contributed by atoms with Gasteiger partial charge in [-0.25, -0.2) is 0 Å². The summed E-state index contributed by atoms with van der Waals surface area (Å²) in [5.41, 5.74) is 1.08. The van der Waals surface area contributed by atoms with Crippen molar-refractivity contribution in [3.05, 3.63) is 35.9 Å². The number of alkyl halides is 1. The number of carbonyl (C=O) groups is 1. The molecular weight excluding hydrogens is 246 g/mol. The van der Waals surface area contributed by atoms with Crippen molar-refractivity contribution in [3.8, 4) is 0 Å². The summed E-state index contributed by atoms with van der Waals surface area (Å²) in [6, 6.07) is 9.78. The Hall–Kier alpha value is -1.02. The fourth-order valence-corrected chi connectivity index (χ4v) is 2.34. The molecule has 0 unspecified atom stereocenters. The monoisotopic (exact) mass is 267 g/mol. The normalized spacial score (nSPS) is 11.3. The Labute approximate surface area is 115 Å². The quantitative estimate of drug-likeness (QED) is 0.754. The van der Waals surface area contributed by atoms with Gasteiger partial charge in [0.1, 0.15) is 0 Å². The first kappa shape index (κ1) is 15.0. The average Bonchev–Trinajstić information content (AvgIpc) is 2.42. The molecule has 0 bridgehead atoms. The summed E-state index contributed by atoms with van der Waals surface area (Å²) < 4.78 is 0. The summed E-state index contributed by atoms with van der Waals surface area (Å²) in [4.78, 5) is 11.9. The molecule has 0 aliphatic heterocycles. The maximum absolute atomic E-state index is 11.9. The molecule has 0 aliphatic rings. The van der Waals surface area contributed by atoms with Crippen LogP contribution in [0.1, 0.15) is 32.3 Å². The van der Waals surface area contributed by atoms with E-state index in [1.54, 1.807) is 0 Å². The van der Waals surface area contributed by atoms with Gasteiger partial charge in [-0.05, 0) is 18.4 Å². The topological polar surface area (TPSA) is 29.1 Å². The van der Waals surface area contributed by atoms with Gasteiger partial charge in [0.05, 0.1) is 6.42 Å². The molecule has 1 amide bonds. The van der Waals surface area contributed by atoms with Crippen LogP contribution in [0.5, 0.6) is 0 Å². The van der Waals surface area contributed by atoms with Crippen LogP contribution in [0.4, 0.5) is 0 Å². The molecule has 0 radical (unpaired) electrons. The molecule has 18 heavy (non-hydrogen) atoms. The van der Waals surface area contributed by atoms with Crippen molar-refractivity contribution in [3.63, 3.8) is 0 Å². The lowest BCUT2D eigenvalue weighted by atomic mass is 9.84. The first-order valence-corrected chi connectivity index (χ1v) is 7.06. The molecule has 0 fully saturated rings. The van der Waals surface area contributed by atoms with E-state index in [1.165, 1.54) is 0 Å². The highest BCUT2D eigenvalue weighted by atomic mass is 35.5. The van der Waals surface area contributed by atoms with Crippen LogP contribution in [-0.4, -0.2) is 18.3 Å². The van der Waals surface area contributed by atoms with Gasteiger partial charge in [-0.2, -0.15) is 0 Å². The van der Waals surface area contributed by atoms with Gasteiger partial charge >= 0.3 is 0 Å². The van der Waals surface area contributed by atoms with Gasteiger partial charge in [0.15, 0.2) is 0 Å². The molecule has 1 N–H and O–H groups in total. The molecule has 2 nitrogen and oxygen atoms in total. The molecule has 0 spiro atoms. The number of rotatable bonds is 7. The van der Waals surface area contributed by atoms with Crippen molar-refractivity contribution in [2.24, 2.45) is 5.41 Å². The van der Waals surface area contributed by atoms with Crippen LogP contribution >= 0.6 is 11.6 Å². The van der Waals surface area contributed by atoms with Crippen LogP contribution in [-0.2, 0) is 11.2 Å². The predicted molar refractivity (Wildman–Crippen MR) is 76.9 cm³/mol. The fourth-order valence-electron chi connectivity index (χ4n) is 1.87. The number of carbonyl (C=O) groups excluding carboxylic acids is 1. The molecule has 1 rings (SSSR count). The summed E-state index contributed by atoms with van der Waals surface area (Å²) in [6.07, 6.45) is 2.41. The molecule has 0 saturated heterocycles. The molecule has 0 heterocycles.